The van der Waals surface area contributed by atoms with Crippen LogP contribution in [0.15, 0.2) is 42.5 Å². The molecule has 0 unspecified atom stereocenters. The number of nitrogens with one attached hydrogen (secondary N) is 1. The van der Waals surface area contributed by atoms with E-state index < -0.39 is 29.7 Å². The highest BCUT2D eigenvalue weighted by Gasteiger charge is 2.45. The molecule has 0 spiro atoms. The molecule has 2 aromatic rings. The van der Waals surface area contributed by atoms with Crippen molar-refractivity contribution in [3.63, 3.8) is 0 Å². The van der Waals surface area contributed by atoms with Crippen molar-refractivity contribution in [3.05, 3.63) is 59.4 Å². The Morgan fingerprint density at radius 3 is 2.40 bits per heavy atom. The van der Waals surface area contributed by atoms with E-state index in [1.165, 1.54) is 13.2 Å². The molecule has 1 saturated carbocycles. The molecule has 3 rings (SSSR count). The Morgan fingerprint density at radius 2 is 1.73 bits per heavy atom. The summed E-state index contributed by atoms with van der Waals surface area (Å²) in [5.74, 6) is -0.249. The molecule has 1 fully saturated rings. The molecule has 0 radical (unpaired) electrons. The summed E-state index contributed by atoms with van der Waals surface area (Å²) in [5.41, 5.74) is 0.138. The van der Waals surface area contributed by atoms with Gasteiger partial charge in [-0.1, -0.05) is 37.1 Å². The van der Waals surface area contributed by atoms with Gasteiger partial charge in [-0.25, -0.2) is 4.39 Å². The fraction of sp³-hybridized carbons (Fsp3) is 0.391. The summed E-state index contributed by atoms with van der Waals surface area (Å²) >= 11 is 0. The van der Waals surface area contributed by atoms with E-state index in [-0.39, 0.29) is 6.54 Å². The quantitative estimate of drug-likeness (QED) is 0.668. The second kappa shape index (κ2) is 9.61. The smallest absolute Gasteiger partial charge is 0.317 e. The van der Waals surface area contributed by atoms with Crippen molar-refractivity contribution in [2.24, 2.45) is 0 Å². The molecule has 0 aromatic heterocycles. The highest BCUT2D eigenvalue weighted by molar-refractivity contribution is 5.86. The van der Waals surface area contributed by atoms with Crippen molar-refractivity contribution >= 4 is 11.9 Å². The van der Waals surface area contributed by atoms with E-state index in [4.69, 9.17) is 14.2 Å². The minimum absolute atomic E-state index is 0.245. The van der Waals surface area contributed by atoms with Gasteiger partial charge in [-0.15, -0.1) is 0 Å². The normalized spacial score (nSPS) is 14.8. The number of hydrogen-bond acceptors (Lipinski definition) is 5. The summed E-state index contributed by atoms with van der Waals surface area (Å²) in [4.78, 5) is 25.1. The van der Waals surface area contributed by atoms with Crippen LogP contribution in [-0.2, 0) is 26.3 Å². The molecule has 1 aliphatic rings. The van der Waals surface area contributed by atoms with Crippen LogP contribution in [0.4, 0.5) is 4.39 Å². The molecule has 0 bridgehead atoms. The number of methoxy groups -OCH3 is 2. The van der Waals surface area contributed by atoms with Gasteiger partial charge in [0, 0.05) is 12.1 Å². The molecule has 1 N–H and O–H groups in total. The third-order valence-electron chi connectivity index (χ3n) is 5.51. The lowest BCUT2D eigenvalue weighted by molar-refractivity contribution is -0.154. The van der Waals surface area contributed by atoms with E-state index >= 15 is 0 Å². The zero-order valence-electron chi connectivity index (χ0n) is 17.2. The highest BCUT2D eigenvalue weighted by Crippen LogP contribution is 2.43. The molecule has 6 nitrogen and oxygen atoms in total. The Morgan fingerprint density at radius 1 is 1.03 bits per heavy atom. The number of rotatable bonds is 8. The summed E-state index contributed by atoms with van der Waals surface area (Å²) < 4.78 is 30.1. The molecule has 2 aromatic carbocycles. The van der Waals surface area contributed by atoms with Gasteiger partial charge in [0.25, 0.3) is 5.91 Å². The number of carbonyl (C=O) groups excluding carboxylic acids is 2. The topological polar surface area (TPSA) is 73.9 Å². The average molecular weight is 415 g/mol. The number of amides is 1. The molecular formula is C23H26FNO5. The minimum Gasteiger partial charge on any atom is -0.493 e. The zero-order valence-corrected chi connectivity index (χ0v) is 17.2. The fourth-order valence-electron chi connectivity index (χ4n) is 3.92. The second-order valence-corrected chi connectivity index (χ2v) is 7.31. The van der Waals surface area contributed by atoms with Crippen LogP contribution in [0.2, 0.25) is 0 Å². The van der Waals surface area contributed by atoms with Crippen LogP contribution in [0.25, 0.3) is 0 Å². The molecule has 160 valence electrons. The molecule has 0 aliphatic heterocycles. The van der Waals surface area contributed by atoms with Gasteiger partial charge in [-0.3, -0.25) is 9.59 Å². The Labute approximate surface area is 175 Å². The van der Waals surface area contributed by atoms with Gasteiger partial charge in [0.05, 0.1) is 19.6 Å². The summed E-state index contributed by atoms with van der Waals surface area (Å²) in [6.07, 6.45) is 2.66. The Balaban J connectivity index is 1.59. The monoisotopic (exact) mass is 415 g/mol. The van der Waals surface area contributed by atoms with E-state index in [0.717, 1.165) is 18.4 Å². The van der Waals surface area contributed by atoms with Gasteiger partial charge in [-0.05, 0) is 36.6 Å². The Bertz CT molecular complexity index is 908. The maximum atomic E-state index is 14.4. The van der Waals surface area contributed by atoms with Crippen LogP contribution in [0, 0.1) is 5.82 Å². The average Bonchev–Trinajstić information content (AvgIpc) is 3.27. The van der Waals surface area contributed by atoms with Crippen LogP contribution in [0.3, 0.4) is 0 Å². The van der Waals surface area contributed by atoms with E-state index in [2.05, 4.69) is 5.32 Å². The number of benzene rings is 2. The van der Waals surface area contributed by atoms with Gasteiger partial charge in [0.1, 0.15) is 5.82 Å². The number of hydrogen-bond donors (Lipinski definition) is 1. The Kier molecular flexibility index (Phi) is 6.92. The first kappa shape index (κ1) is 21.6. The predicted molar refractivity (Wildman–Crippen MR) is 109 cm³/mol. The van der Waals surface area contributed by atoms with Gasteiger partial charge >= 0.3 is 5.97 Å². The van der Waals surface area contributed by atoms with E-state index in [9.17, 15) is 14.0 Å². The first-order valence-corrected chi connectivity index (χ1v) is 9.90. The standard InChI is InChI=1S/C23H26FNO5/c1-28-19-10-9-16(13-20(19)29-2)14-25-21(26)15-30-22(27)23(11-5-6-12-23)17-7-3-4-8-18(17)24/h3-4,7-10,13H,5-6,11-12,14-15H2,1-2H3,(H,25,26). The molecule has 0 saturated heterocycles. The number of esters is 1. The van der Waals surface area contributed by atoms with E-state index in [0.29, 0.717) is 29.9 Å². The van der Waals surface area contributed by atoms with Crippen molar-refractivity contribution in [1.29, 1.82) is 0 Å². The zero-order chi connectivity index (χ0) is 21.6. The summed E-state index contributed by atoms with van der Waals surface area (Å²) in [7, 11) is 3.08. The summed E-state index contributed by atoms with van der Waals surface area (Å²) in [6, 6.07) is 11.6. The van der Waals surface area contributed by atoms with Crippen LogP contribution >= 0.6 is 0 Å². The third-order valence-corrected chi connectivity index (χ3v) is 5.51. The van der Waals surface area contributed by atoms with Crippen LogP contribution < -0.4 is 14.8 Å². The first-order chi connectivity index (χ1) is 14.5. The second-order valence-electron chi connectivity index (χ2n) is 7.31. The molecule has 7 heteroatoms. The van der Waals surface area contributed by atoms with E-state index in [1.807, 2.05) is 0 Å². The maximum absolute atomic E-state index is 14.4. The molecule has 30 heavy (non-hydrogen) atoms. The lowest BCUT2D eigenvalue weighted by Gasteiger charge is -2.27. The third kappa shape index (κ3) is 4.56. The van der Waals surface area contributed by atoms with Crippen molar-refractivity contribution in [2.45, 2.75) is 37.6 Å². The summed E-state index contributed by atoms with van der Waals surface area (Å²) in [5, 5.41) is 2.71. The molecule has 1 aliphatic carbocycles. The molecular weight excluding hydrogens is 389 g/mol. The van der Waals surface area contributed by atoms with Crippen LogP contribution in [0.5, 0.6) is 11.5 Å². The molecule has 1 amide bonds. The largest absolute Gasteiger partial charge is 0.493 e. The van der Waals surface area contributed by atoms with E-state index in [1.54, 1.807) is 43.5 Å². The number of ether oxygens (including phenoxy) is 3. The molecule has 0 heterocycles. The van der Waals surface area contributed by atoms with Gasteiger partial charge in [0.15, 0.2) is 18.1 Å². The van der Waals surface area contributed by atoms with Crippen molar-refractivity contribution in [3.8, 4) is 11.5 Å². The summed E-state index contributed by atoms with van der Waals surface area (Å²) in [6.45, 7) is -0.169. The fourth-order valence-corrected chi connectivity index (χ4v) is 3.92. The first-order valence-electron chi connectivity index (χ1n) is 9.90. The van der Waals surface area contributed by atoms with Gasteiger partial charge in [-0.2, -0.15) is 0 Å². The van der Waals surface area contributed by atoms with Crippen molar-refractivity contribution in [2.75, 3.05) is 20.8 Å². The van der Waals surface area contributed by atoms with Gasteiger partial charge in [0.2, 0.25) is 0 Å². The predicted octanol–water partition coefficient (Wildman–Crippen LogP) is 3.51. The lowest BCUT2D eigenvalue weighted by atomic mass is 9.78. The number of carbonyl (C=O) groups is 2. The maximum Gasteiger partial charge on any atom is 0.317 e. The Hall–Kier alpha value is -3.09. The van der Waals surface area contributed by atoms with Gasteiger partial charge < -0.3 is 19.5 Å². The number of halogens is 1. The SMILES string of the molecule is COc1ccc(CNC(=O)COC(=O)C2(c3ccccc3F)CCCC2)cc1OC. The van der Waals surface area contributed by atoms with Crippen molar-refractivity contribution in [1.82, 2.24) is 5.32 Å². The van der Waals surface area contributed by atoms with Crippen LogP contribution in [0.1, 0.15) is 36.8 Å². The highest BCUT2D eigenvalue weighted by atomic mass is 19.1. The lowest BCUT2D eigenvalue weighted by Crippen LogP contribution is -2.38. The minimum atomic E-state index is -1.02. The van der Waals surface area contributed by atoms with Crippen molar-refractivity contribution < 1.29 is 28.2 Å². The molecule has 0 atom stereocenters. The van der Waals surface area contributed by atoms with Crippen LogP contribution in [-0.4, -0.2) is 32.7 Å².